The summed E-state index contributed by atoms with van der Waals surface area (Å²) in [4.78, 5) is 0. The van der Waals surface area contributed by atoms with E-state index in [4.69, 9.17) is 9.84 Å². The molecule has 3 heterocycles. The molecule has 0 fully saturated rings. The number of thiophene rings is 1. The van der Waals surface area contributed by atoms with E-state index in [0.29, 0.717) is 0 Å². The molecule has 0 unspecified atom stereocenters. The van der Waals surface area contributed by atoms with Crippen molar-refractivity contribution in [2.75, 3.05) is 0 Å². The third kappa shape index (κ3) is 2.45. The molecule has 25 heavy (non-hydrogen) atoms. The molecule has 2 atom stereocenters. The number of rotatable bonds is 2. The van der Waals surface area contributed by atoms with Crippen LogP contribution < -0.4 is 4.74 Å². The zero-order valence-electron chi connectivity index (χ0n) is 13.9. The first-order chi connectivity index (χ1) is 12.3. The maximum atomic E-state index is 6.32. The number of hydrazone groups is 1. The summed E-state index contributed by atoms with van der Waals surface area (Å²) in [6, 6.07) is 19.3. The number of benzene rings is 2. The van der Waals surface area contributed by atoms with Gasteiger partial charge in [0.05, 0.1) is 11.8 Å². The number of nitrogens with zero attached hydrogens (tertiary/aromatic N) is 2. The Morgan fingerprint density at radius 1 is 1.08 bits per heavy atom. The van der Waals surface area contributed by atoms with Gasteiger partial charge in [-0.05, 0) is 35.4 Å². The number of ether oxygens (including phenoxy) is 1. The van der Waals surface area contributed by atoms with Crippen molar-refractivity contribution in [3.05, 3.63) is 87.6 Å². The van der Waals surface area contributed by atoms with Crippen molar-refractivity contribution in [3.63, 3.8) is 0 Å². The Morgan fingerprint density at radius 2 is 1.92 bits per heavy atom. The predicted molar refractivity (Wildman–Crippen MR) is 101 cm³/mol. The summed E-state index contributed by atoms with van der Waals surface area (Å²) in [6.45, 7) is 2.11. The van der Waals surface area contributed by atoms with Crippen LogP contribution in [0.4, 0.5) is 0 Å². The molecule has 0 spiro atoms. The molecule has 2 aromatic carbocycles. The van der Waals surface area contributed by atoms with Crippen LogP contribution in [0.3, 0.4) is 0 Å². The molecule has 0 N–H and O–H groups in total. The average molecular weight is 346 g/mol. The first kappa shape index (κ1) is 14.7. The van der Waals surface area contributed by atoms with Crippen molar-refractivity contribution in [2.24, 2.45) is 5.10 Å². The average Bonchev–Trinajstić information content (AvgIpc) is 3.32. The smallest absolute Gasteiger partial charge is 0.214 e. The van der Waals surface area contributed by atoms with Crippen molar-refractivity contribution < 1.29 is 4.74 Å². The van der Waals surface area contributed by atoms with Crippen LogP contribution in [0.25, 0.3) is 0 Å². The molecule has 0 bridgehead atoms. The van der Waals surface area contributed by atoms with Crippen LogP contribution in [0, 0.1) is 6.92 Å². The van der Waals surface area contributed by atoms with Crippen LogP contribution in [0.5, 0.6) is 5.75 Å². The van der Waals surface area contributed by atoms with Crippen LogP contribution in [0.2, 0.25) is 0 Å². The maximum absolute atomic E-state index is 6.32. The van der Waals surface area contributed by atoms with Crippen LogP contribution in [-0.4, -0.2) is 10.7 Å². The number of hydrogen-bond acceptors (Lipinski definition) is 4. The summed E-state index contributed by atoms with van der Waals surface area (Å²) >= 11 is 1.69. The van der Waals surface area contributed by atoms with Gasteiger partial charge in [0.1, 0.15) is 5.75 Å². The van der Waals surface area contributed by atoms with E-state index >= 15 is 0 Å². The van der Waals surface area contributed by atoms with Crippen molar-refractivity contribution in [1.82, 2.24) is 5.01 Å². The van der Waals surface area contributed by atoms with E-state index in [1.165, 1.54) is 22.3 Å². The SMILES string of the molecule is Cc1ccc(C2=NN3[C@@H](C2)c2ccccc2O[C@H]3c2ccsc2)cc1. The van der Waals surface area contributed by atoms with Crippen molar-refractivity contribution >= 4 is 17.0 Å². The summed E-state index contributed by atoms with van der Waals surface area (Å²) in [5.74, 6) is 0.973. The molecule has 2 aliphatic rings. The first-order valence-electron chi connectivity index (χ1n) is 8.50. The van der Waals surface area contributed by atoms with Gasteiger partial charge in [0.15, 0.2) is 0 Å². The Kier molecular flexibility index (Phi) is 3.38. The lowest BCUT2D eigenvalue weighted by atomic mass is 9.96. The molecule has 0 amide bonds. The van der Waals surface area contributed by atoms with Gasteiger partial charge in [0.2, 0.25) is 6.23 Å². The fourth-order valence-electron chi connectivity index (χ4n) is 3.59. The van der Waals surface area contributed by atoms with Crippen molar-refractivity contribution in [2.45, 2.75) is 25.6 Å². The molecule has 3 aromatic rings. The standard InChI is InChI=1S/C21H18N2OS/c1-14-6-8-15(9-7-14)18-12-19-17-4-2-3-5-20(17)24-21(23(19)22-18)16-10-11-25-13-16/h2-11,13,19,21H,12H2,1H3/t19-,21-/m0/s1. The lowest BCUT2D eigenvalue weighted by Gasteiger charge is -2.37. The Bertz CT molecular complexity index is 931. The molecule has 3 nitrogen and oxygen atoms in total. The molecular formula is C21H18N2OS. The molecule has 0 saturated heterocycles. The maximum Gasteiger partial charge on any atom is 0.214 e. The highest BCUT2D eigenvalue weighted by Gasteiger charge is 2.40. The zero-order valence-corrected chi connectivity index (χ0v) is 14.7. The van der Waals surface area contributed by atoms with Crippen LogP contribution >= 0.6 is 11.3 Å². The molecule has 4 heteroatoms. The predicted octanol–water partition coefficient (Wildman–Crippen LogP) is 5.30. The van der Waals surface area contributed by atoms with E-state index in [-0.39, 0.29) is 12.3 Å². The van der Waals surface area contributed by atoms with Gasteiger partial charge in [0.25, 0.3) is 0 Å². The van der Waals surface area contributed by atoms with Crippen LogP contribution in [0.15, 0.2) is 70.5 Å². The highest BCUT2D eigenvalue weighted by Crippen LogP contribution is 2.47. The molecule has 124 valence electrons. The Labute approximate surface area is 151 Å². The molecule has 0 saturated carbocycles. The van der Waals surface area contributed by atoms with E-state index in [2.05, 4.69) is 71.2 Å². The fourth-order valence-corrected chi connectivity index (χ4v) is 4.26. The van der Waals surface area contributed by atoms with E-state index < -0.39 is 0 Å². The zero-order chi connectivity index (χ0) is 16.8. The van der Waals surface area contributed by atoms with Gasteiger partial charge in [-0.2, -0.15) is 16.4 Å². The summed E-state index contributed by atoms with van der Waals surface area (Å²) in [6.07, 6.45) is 0.749. The highest BCUT2D eigenvalue weighted by atomic mass is 32.1. The van der Waals surface area contributed by atoms with Gasteiger partial charge in [-0.3, -0.25) is 0 Å². The first-order valence-corrected chi connectivity index (χ1v) is 9.44. The van der Waals surface area contributed by atoms with Crippen molar-refractivity contribution in [3.8, 4) is 5.75 Å². The van der Waals surface area contributed by atoms with Gasteiger partial charge in [0, 0.05) is 17.5 Å². The minimum absolute atomic E-state index is 0.158. The molecule has 0 radical (unpaired) electrons. The minimum Gasteiger partial charge on any atom is -0.464 e. The Morgan fingerprint density at radius 3 is 2.72 bits per heavy atom. The quantitative estimate of drug-likeness (QED) is 0.629. The van der Waals surface area contributed by atoms with Gasteiger partial charge in [-0.15, -0.1) is 0 Å². The molecule has 2 aliphatic heterocycles. The van der Waals surface area contributed by atoms with Crippen LogP contribution in [-0.2, 0) is 0 Å². The monoisotopic (exact) mass is 346 g/mol. The molecule has 5 rings (SSSR count). The lowest BCUT2D eigenvalue weighted by Crippen LogP contribution is -2.33. The van der Waals surface area contributed by atoms with E-state index in [1.807, 2.05) is 6.07 Å². The second-order valence-corrected chi connectivity index (χ2v) is 7.36. The Hall–Kier alpha value is -2.59. The minimum atomic E-state index is -0.158. The van der Waals surface area contributed by atoms with Gasteiger partial charge in [-0.1, -0.05) is 48.0 Å². The van der Waals surface area contributed by atoms with Gasteiger partial charge >= 0.3 is 0 Å². The number of fused-ring (bicyclic) bond motifs is 3. The number of para-hydroxylation sites is 1. The second kappa shape index (κ2) is 5.74. The van der Waals surface area contributed by atoms with Gasteiger partial charge in [-0.25, -0.2) is 5.01 Å². The molecular weight excluding hydrogens is 328 g/mol. The molecule has 1 aromatic heterocycles. The third-order valence-corrected chi connectivity index (χ3v) is 5.61. The topological polar surface area (TPSA) is 24.8 Å². The fraction of sp³-hybridized carbons (Fsp3) is 0.190. The molecule has 0 aliphatic carbocycles. The lowest BCUT2D eigenvalue weighted by molar-refractivity contribution is -0.0187. The number of hydrogen-bond donors (Lipinski definition) is 0. The second-order valence-electron chi connectivity index (χ2n) is 6.58. The van der Waals surface area contributed by atoms with Crippen LogP contribution in [0.1, 0.15) is 40.9 Å². The van der Waals surface area contributed by atoms with E-state index in [1.54, 1.807) is 11.3 Å². The number of aryl methyl sites for hydroxylation is 1. The third-order valence-electron chi connectivity index (χ3n) is 4.91. The summed E-state index contributed by atoms with van der Waals surface area (Å²) in [5, 5.41) is 11.4. The van der Waals surface area contributed by atoms with E-state index in [9.17, 15) is 0 Å². The van der Waals surface area contributed by atoms with Gasteiger partial charge < -0.3 is 4.74 Å². The van der Waals surface area contributed by atoms with Crippen molar-refractivity contribution in [1.29, 1.82) is 0 Å². The largest absolute Gasteiger partial charge is 0.464 e. The summed E-state index contributed by atoms with van der Waals surface area (Å²) < 4.78 is 6.32. The normalized spacial score (nSPS) is 21.3. The van der Waals surface area contributed by atoms with E-state index in [0.717, 1.165) is 17.9 Å². The summed E-state index contributed by atoms with van der Waals surface area (Å²) in [7, 11) is 0. The summed E-state index contributed by atoms with van der Waals surface area (Å²) in [5.41, 5.74) is 5.98. The highest BCUT2D eigenvalue weighted by molar-refractivity contribution is 7.07. The Balaban J connectivity index is 1.59.